The molecule has 0 spiro atoms. The number of carbonyl (C=O) groups is 1. The zero-order valence-electron chi connectivity index (χ0n) is 16.4. The number of aromatic nitrogens is 3. The summed E-state index contributed by atoms with van der Waals surface area (Å²) in [5.41, 5.74) is 2.43. The number of benzene rings is 2. The van der Waals surface area contributed by atoms with Gasteiger partial charge in [-0.1, -0.05) is 23.7 Å². The van der Waals surface area contributed by atoms with Gasteiger partial charge in [-0.2, -0.15) is 5.10 Å². The van der Waals surface area contributed by atoms with Gasteiger partial charge >= 0.3 is 0 Å². The number of ether oxygens (including phenoxy) is 1. The summed E-state index contributed by atoms with van der Waals surface area (Å²) in [5.74, 6) is 0.445. The fraction of sp³-hybridized carbons (Fsp3) is 0.130. The van der Waals surface area contributed by atoms with E-state index in [1.54, 1.807) is 41.2 Å². The molecule has 1 amide bonds. The van der Waals surface area contributed by atoms with Gasteiger partial charge in [-0.05, 0) is 67.1 Å². The Kier molecular flexibility index (Phi) is 5.86. The van der Waals surface area contributed by atoms with Crippen molar-refractivity contribution in [3.05, 3.63) is 102 Å². The van der Waals surface area contributed by atoms with E-state index in [2.05, 4.69) is 10.4 Å². The van der Waals surface area contributed by atoms with Crippen molar-refractivity contribution in [3.63, 3.8) is 0 Å². The number of rotatable bonds is 7. The van der Waals surface area contributed by atoms with E-state index < -0.39 is 0 Å². The van der Waals surface area contributed by atoms with Crippen LogP contribution in [0.3, 0.4) is 0 Å². The van der Waals surface area contributed by atoms with Crippen molar-refractivity contribution in [2.45, 2.75) is 19.7 Å². The summed E-state index contributed by atoms with van der Waals surface area (Å²) < 4.78 is 9.24. The zero-order valence-corrected chi connectivity index (χ0v) is 17.2. The summed E-state index contributed by atoms with van der Waals surface area (Å²) in [7, 11) is 0. The van der Waals surface area contributed by atoms with E-state index in [1.165, 1.54) is 0 Å². The van der Waals surface area contributed by atoms with Crippen LogP contribution in [0.15, 0.2) is 85.3 Å². The Bertz CT molecular complexity index is 1100. The molecule has 0 aliphatic carbocycles. The molecule has 2 aromatic carbocycles. The first-order valence-electron chi connectivity index (χ1n) is 9.54. The average Bonchev–Trinajstić information content (AvgIpc) is 3.46. The van der Waals surface area contributed by atoms with Crippen molar-refractivity contribution >= 4 is 17.5 Å². The Morgan fingerprint density at radius 3 is 2.43 bits per heavy atom. The van der Waals surface area contributed by atoms with Crippen LogP contribution in [0.4, 0.5) is 0 Å². The molecule has 0 radical (unpaired) electrons. The van der Waals surface area contributed by atoms with Gasteiger partial charge in [0.05, 0.1) is 6.04 Å². The summed E-state index contributed by atoms with van der Waals surface area (Å²) in [6, 6.07) is 20.6. The molecule has 4 aromatic rings. The van der Waals surface area contributed by atoms with Crippen LogP contribution in [0.1, 0.15) is 29.0 Å². The molecular weight excluding hydrogens is 400 g/mol. The topological polar surface area (TPSA) is 61.1 Å². The van der Waals surface area contributed by atoms with E-state index in [1.807, 2.05) is 60.3 Å². The summed E-state index contributed by atoms with van der Waals surface area (Å²) in [4.78, 5) is 12.6. The Morgan fingerprint density at radius 2 is 1.73 bits per heavy atom. The van der Waals surface area contributed by atoms with Gasteiger partial charge in [-0.3, -0.25) is 4.79 Å². The van der Waals surface area contributed by atoms with Crippen molar-refractivity contribution in [3.8, 4) is 11.4 Å². The molecule has 0 aliphatic heterocycles. The lowest BCUT2D eigenvalue weighted by Gasteiger charge is -2.14. The number of nitrogens with one attached hydrogen (secondary N) is 1. The van der Waals surface area contributed by atoms with Crippen molar-refractivity contribution in [1.82, 2.24) is 19.7 Å². The van der Waals surface area contributed by atoms with E-state index in [0.29, 0.717) is 16.5 Å². The number of carbonyl (C=O) groups excluding carboxylic acids is 1. The van der Waals surface area contributed by atoms with Crippen LogP contribution < -0.4 is 10.1 Å². The minimum atomic E-state index is -0.234. The van der Waals surface area contributed by atoms with Crippen LogP contribution >= 0.6 is 11.6 Å². The molecule has 4 rings (SSSR count). The molecule has 30 heavy (non-hydrogen) atoms. The van der Waals surface area contributed by atoms with Gasteiger partial charge in [-0.25, -0.2) is 4.68 Å². The molecule has 0 bridgehead atoms. The minimum absolute atomic E-state index is 0.147. The van der Waals surface area contributed by atoms with Gasteiger partial charge in [0.1, 0.15) is 11.4 Å². The van der Waals surface area contributed by atoms with E-state index in [9.17, 15) is 4.79 Å². The van der Waals surface area contributed by atoms with Gasteiger partial charge in [0.2, 0.25) is 0 Å². The summed E-state index contributed by atoms with van der Waals surface area (Å²) in [5, 5.41) is 7.92. The molecule has 2 aromatic heterocycles. The Balaban J connectivity index is 1.33. The lowest BCUT2D eigenvalue weighted by atomic mass is 10.1. The van der Waals surface area contributed by atoms with Crippen LogP contribution in [0, 0.1) is 0 Å². The van der Waals surface area contributed by atoms with Crippen LogP contribution in [0.5, 0.6) is 5.75 Å². The molecule has 0 aliphatic rings. The van der Waals surface area contributed by atoms with Crippen LogP contribution in [0.25, 0.3) is 5.69 Å². The van der Waals surface area contributed by atoms with Crippen LogP contribution in [-0.2, 0) is 6.73 Å². The van der Waals surface area contributed by atoms with Crippen molar-refractivity contribution < 1.29 is 9.53 Å². The molecule has 6 nitrogen and oxygen atoms in total. The molecule has 1 atom stereocenters. The molecule has 152 valence electrons. The first-order valence-corrected chi connectivity index (χ1v) is 9.92. The third-order valence-corrected chi connectivity index (χ3v) is 4.95. The van der Waals surface area contributed by atoms with E-state index in [0.717, 1.165) is 11.3 Å². The normalized spacial score (nSPS) is 11.8. The predicted molar refractivity (Wildman–Crippen MR) is 116 cm³/mol. The number of hydrogen-bond donors (Lipinski definition) is 1. The van der Waals surface area contributed by atoms with Gasteiger partial charge < -0.3 is 14.6 Å². The second-order valence-electron chi connectivity index (χ2n) is 6.84. The summed E-state index contributed by atoms with van der Waals surface area (Å²) >= 11 is 5.87. The molecular formula is C23H21ClN4O2. The number of hydrogen-bond acceptors (Lipinski definition) is 3. The number of nitrogens with zero attached hydrogens (tertiary/aromatic N) is 3. The van der Waals surface area contributed by atoms with Crippen LogP contribution in [0.2, 0.25) is 5.02 Å². The first kappa shape index (κ1) is 19.8. The molecule has 1 N–H and O–H groups in total. The maximum atomic E-state index is 12.6. The predicted octanol–water partition coefficient (Wildman–Crippen LogP) is 4.85. The largest absolute Gasteiger partial charge is 0.471 e. The van der Waals surface area contributed by atoms with Gasteiger partial charge in [0, 0.05) is 29.3 Å². The van der Waals surface area contributed by atoms with E-state index in [4.69, 9.17) is 16.3 Å². The lowest BCUT2D eigenvalue weighted by Crippen LogP contribution is -2.27. The quantitative estimate of drug-likeness (QED) is 0.464. The summed E-state index contributed by atoms with van der Waals surface area (Å²) in [6.45, 7) is 2.15. The maximum absolute atomic E-state index is 12.6. The van der Waals surface area contributed by atoms with E-state index >= 15 is 0 Å². The molecule has 7 heteroatoms. The smallest absolute Gasteiger partial charge is 0.272 e. The third-order valence-electron chi connectivity index (χ3n) is 4.69. The zero-order chi connectivity index (χ0) is 20.9. The highest BCUT2D eigenvalue weighted by Crippen LogP contribution is 2.17. The second kappa shape index (κ2) is 8.88. The first-order chi connectivity index (χ1) is 14.6. The van der Waals surface area contributed by atoms with Gasteiger partial charge in [-0.15, -0.1) is 0 Å². The second-order valence-corrected chi connectivity index (χ2v) is 7.28. The van der Waals surface area contributed by atoms with Crippen molar-refractivity contribution in [2.75, 3.05) is 0 Å². The SMILES string of the molecule is CC(NC(=O)c1ccn(COc2ccc(Cl)cc2)n1)c1ccc(-n2cccc2)cc1. The van der Waals surface area contributed by atoms with Gasteiger partial charge in [0.15, 0.2) is 6.73 Å². The Morgan fingerprint density at radius 1 is 1.03 bits per heavy atom. The highest BCUT2D eigenvalue weighted by Gasteiger charge is 2.14. The highest BCUT2D eigenvalue weighted by atomic mass is 35.5. The van der Waals surface area contributed by atoms with Crippen molar-refractivity contribution in [2.24, 2.45) is 0 Å². The third kappa shape index (κ3) is 4.72. The minimum Gasteiger partial charge on any atom is -0.471 e. The molecule has 0 saturated heterocycles. The van der Waals surface area contributed by atoms with Crippen LogP contribution in [-0.4, -0.2) is 20.3 Å². The standard InChI is InChI=1S/C23H21ClN4O2/c1-17(18-4-8-20(9-5-18)27-13-2-3-14-27)25-23(29)22-12-15-28(26-22)16-30-21-10-6-19(24)7-11-21/h2-15,17H,16H2,1H3,(H,25,29). The lowest BCUT2D eigenvalue weighted by molar-refractivity contribution is 0.0932. The Hall–Kier alpha value is -3.51. The molecule has 0 fully saturated rings. The number of amides is 1. The molecule has 2 heterocycles. The Labute approximate surface area is 179 Å². The molecule has 1 unspecified atom stereocenters. The average molecular weight is 421 g/mol. The maximum Gasteiger partial charge on any atom is 0.272 e. The summed E-state index contributed by atoms with van der Waals surface area (Å²) in [6.07, 6.45) is 5.70. The fourth-order valence-corrected chi connectivity index (χ4v) is 3.15. The monoisotopic (exact) mass is 420 g/mol. The van der Waals surface area contributed by atoms with Crippen molar-refractivity contribution in [1.29, 1.82) is 0 Å². The fourth-order valence-electron chi connectivity index (χ4n) is 3.02. The van der Waals surface area contributed by atoms with Gasteiger partial charge in [0.25, 0.3) is 5.91 Å². The molecule has 0 saturated carbocycles. The van der Waals surface area contributed by atoms with E-state index in [-0.39, 0.29) is 18.7 Å². The number of halogens is 1. The highest BCUT2D eigenvalue weighted by molar-refractivity contribution is 6.30.